The van der Waals surface area contributed by atoms with E-state index in [1.165, 1.54) is 69.8 Å². The fourth-order valence-electron chi connectivity index (χ4n) is 3.81. The maximum absolute atomic E-state index is 5.29. The Morgan fingerprint density at radius 2 is 1.43 bits per heavy atom. The molecule has 0 spiro atoms. The number of benzene rings is 2. The molecular weight excluding hydrogens is 344 g/mol. The second-order valence-corrected chi connectivity index (χ2v) is 7.73. The van der Waals surface area contributed by atoms with E-state index in [2.05, 4.69) is 46.4 Å². The van der Waals surface area contributed by atoms with Gasteiger partial charge in [-0.3, -0.25) is 0 Å². The summed E-state index contributed by atoms with van der Waals surface area (Å²) in [5, 5.41) is 0. The van der Waals surface area contributed by atoms with Gasteiger partial charge in [-0.2, -0.15) is 0 Å². The van der Waals surface area contributed by atoms with Gasteiger partial charge in [0.05, 0.1) is 18.1 Å². The number of hydrogen-bond acceptors (Lipinski definition) is 2. The second kappa shape index (κ2) is 11.5. The van der Waals surface area contributed by atoms with Crippen LogP contribution in [0, 0.1) is 0 Å². The third-order valence-corrected chi connectivity index (χ3v) is 5.45. The van der Waals surface area contributed by atoms with Crippen LogP contribution in [0.15, 0.2) is 48.5 Å². The molecule has 0 aliphatic rings. The number of H-pyrrole nitrogens is 1. The molecule has 2 aromatic carbocycles. The number of nitrogens with one attached hydrogen (secondary N) is 1. The van der Waals surface area contributed by atoms with Crippen molar-refractivity contribution in [1.82, 2.24) is 9.97 Å². The standard InChI is InChI=1S/C25H34N2O/c1-28-22-16-13-15-21(20-22)14-9-7-5-3-2-4-6-8-10-19-25-26-23-17-11-12-18-24(23)27-25/h11-13,15-18,20H,2-10,14,19H2,1H3,(H,26,27). The highest BCUT2D eigenvalue weighted by atomic mass is 16.5. The average Bonchev–Trinajstić information content (AvgIpc) is 3.15. The van der Waals surface area contributed by atoms with Crippen molar-refractivity contribution >= 4 is 11.0 Å². The number of ether oxygens (including phenoxy) is 1. The van der Waals surface area contributed by atoms with Crippen LogP contribution in [0.3, 0.4) is 0 Å². The summed E-state index contributed by atoms with van der Waals surface area (Å²) in [6.07, 6.45) is 14.2. The van der Waals surface area contributed by atoms with Crippen molar-refractivity contribution in [1.29, 1.82) is 0 Å². The first-order valence-electron chi connectivity index (χ1n) is 10.9. The van der Waals surface area contributed by atoms with Gasteiger partial charge in [-0.15, -0.1) is 0 Å². The molecule has 1 N–H and O–H groups in total. The van der Waals surface area contributed by atoms with Gasteiger partial charge < -0.3 is 9.72 Å². The zero-order valence-corrected chi connectivity index (χ0v) is 17.3. The molecule has 0 unspecified atom stereocenters. The van der Waals surface area contributed by atoms with Crippen LogP contribution in [0.4, 0.5) is 0 Å². The molecule has 0 amide bonds. The lowest BCUT2D eigenvalue weighted by Gasteiger charge is -2.05. The number of aromatic amines is 1. The van der Waals surface area contributed by atoms with Crippen LogP contribution < -0.4 is 4.74 Å². The molecule has 3 heteroatoms. The molecule has 0 saturated heterocycles. The second-order valence-electron chi connectivity index (χ2n) is 7.73. The van der Waals surface area contributed by atoms with E-state index in [4.69, 9.17) is 4.74 Å². The summed E-state index contributed by atoms with van der Waals surface area (Å²) in [5.74, 6) is 2.11. The Morgan fingerprint density at radius 1 is 0.750 bits per heavy atom. The van der Waals surface area contributed by atoms with E-state index < -0.39 is 0 Å². The number of aryl methyl sites for hydroxylation is 2. The summed E-state index contributed by atoms with van der Waals surface area (Å²) >= 11 is 0. The minimum Gasteiger partial charge on any atom is -0.497 e. The molecular formula is C25H34N2O. The molecule has 3 aromatic rings. The van der Waals surface area contributed by atoms with Gasteiger partial charge >= 0.3 is 0 Å². The number of para-hydroxylation sites is 2. The van der Waals surface area contributed by atoms with Gasteiger partial charge in [0.15, 0.2) is 0 Å². The fourth-order valence-corrected chi connectivity index (χ4v) is 3.81. The van der Waals surface area contributed by atoms with E-state index in [0.717, 1.165) is 29.0 Å². The Balaban J connectivity index is 1.16. The Bertz CT molecular complexity index is 791. The summed E-state index contributed by atoms with van der Waals surface area (Å²) in [6.45, 7) is 0. The average molecular weight is 379 g/mol. The smallest absolute Gasteiger partial charge is 0.119 e. The maximum Gasteiger partial charge on any atom is 0.119 e. The summed E-state index contributed by atoms with van der Waals surface area (Å²) < 4.78 is 5.29. The number of aromatic nitrogens is 2. The molecule has 0 atom stereocenters. The molecule has 28 heavy (non-hydrogen) atoms. The highest BCUT2D eigenvalue weighted by molar-refractivity contribution is 5.74. The minimum absolute atomic E-state index is 0.970. The van der Waals surface area contributed by atoms with Crippen LogP contribution in [-0.4, -0.2) is 17.1 Å². The molecule has 0 bridgehead atoms. The Hall–Kier alpha value is -2.29. The van der Waals surface area contributed by atoms with Crippen molar-refractivity contribution in [2.75, 3.05) is 7.11 Å². The van der Waals surface area contributed by atoms with Gasteiger partial charge in [-0.25, -0.2) is 4.98 Å². The zero-order chi connectivity index (χ0) is 19.4. The maximum atomic E-state index is 5.29. The van der Waals surface area contributed by atoms with Gasteiger partial charge in [0, 0.05) is 6.42 Å². The number of hydrogen-bond donors (Lipinski definition) is 1. The number of imidazole rings is 1. The van der Waals surface area contributed by atoms with Crippen molar-refractivity contribution < 1.29 is 4.74 Å². The highest BCUT2D eigenvalue weighted by Crippen LogP contribution is 2.17. The SMILES string of the molecule is COc1cccc(CCCCCCCCCCCc2nc3ccccc3[nH]2)c1. The first-order valence-corrected chi connectivity index (χ1v) is 10.9. The van der Waals surface area contributed by atoms with Gasteiger partial charge in [0.2, 0.25) is 0 Å². The molecule has 150 valence electrons. The molecule has 1 heterocycles. The van der Waals surface area contributed by atoms with Crippen LogP contribution in [-0.2, 0) is 12.8 Å². The van der Waals surface area contributed by atoms with Crippen LogP contribution >= 0.6 is 0 Å². The van der Waals surface area contributed by atoms with E-state index in [1.807, 2.05) is 12.1 Å². The van der Waals surface area contributed by atoms with E-state index in [9.17, 15) is 0 Å². The van der Waals surface area contributed by atoms with E-state index >= 15 is 0 Å². The first kappa shape index (κ1) is 20.4. The zero-order valence-electron chi connectivity index (χ0n) is 17.3. The molecule has 3 rings (SSSR count). The lowest BCUT2D eigenvalue weighted by molar-refractivity contribution is 0.414. The molecule has 0 aliphatic carbocycles. The van der Waals surface area contributed by atoms with Crippen molar-refractivity contribution in [3.8, 4) is 5.75 Å². The molecule has 0 radical (unpaired) electrons. The number of methoxy groups -OCH3 is 1. The lowest BCUT2D eigenvalue weighted by Crippen LogP contribution is -1.89. The number of fused-ring (bicyclic) bond motifs is 1. The predicted octanol–water partition coefficient (Wildman–Crippen LogP) is 6.87. The van der Waals surface area contributed by atoms with E-state index in [1.54, 1.807) is 7.11 Å². The van der Waals surface area contributed by atoms with Crippen molar-refractivity contribution in [2.45, 2.75) is 70.6 Å². The van der Waals surface area contributed by atoms with Gasteiger partial charge in [0.25, 0.3) is 0 Å². The number of rotatable bonds is 13. The minimum atomic E-state index is 0.970. The number of nitrogens with zero attached hydrogens (tertiary/aromatic N) is 1. The van der Waals surface area contributed by atoms with Crippen molar-refractivity contribution in [3.63, 3.8) is 0 Å². The largest absolute Gasteiger partial charge is 0.497 e. The van der Waals surface area contributed by atoms with Gasteiger partial charge in [-0.05, 0) is 49.1 Å². The summed E-state index contributed by atoms with van der Waals surface area (Å²) in [5.41, 5.74) is 3.64. The van der Waals surface area contributed by atoms with Crippen molar-refractivity contribution in [2.24, 2.45) is 0 Å². The number of unbranched alkanes of at least 4 members (excludes halogenated alkanes) is 8. The van der Waals surface area contributed by atoms with Crippen LogP contribution in [0.25, 0.3) is 11.0 Å². The molecule has 3 nitrogen and oxygen atoms in total. The molecule has 0 saturated carbocycles. The lowest BCUT2D eigenvalue weighted by atomic mass is 10.0. The van der Waals surface area contributed by atoms with Gasteiger partial charge in [0.1, 0.15) is 11.6 Å². The molecule has 0 fully saturated rings. The summed E-state index contributed by atoms with van der Waals surface area (Å²) in [7, 11) is 1.73. The normalized spacial score (nSPS) is 11.2. The molecule has 0 aliphatic heterocycles. The van der Waals surface area contributed by atoms with Crippen molar-refractivity contribution in [3.05, 3.63) is 59.9 Å². The fraction of sp³-hybridized carbons (Fsp3) is 0.480. The third kappa shape index (κ3) is 6.70. The highest BCUT2D eigenvalue weighted by Gasteiger charge is 2.01. The quantitative estimate of drug-likeness (QED) is 0.330. The Labute approximate surface area is 169 Å². The molecule has 1 aromatic heterocycles. The van der Waals surface area contributed by atoms with E-state index in [0.29, 0.717) is 0 Å². The third-order valence-electron chi connectivity index (χ3n) is 5.45. The van der Waals surface area contributed by atoms with Crippen LogP contribution in [0.5, 0.6) is 5.75 Å². The first-order chi connectivity index (χ1) is 13.8. The summed E-state index contributed by atoms with van der Waals surface area (Å²) in [6, 6.07) is 16.7. The summed E-state index contributed by atoms with van der Waals surface area (Å²) in [4.78, 5) is 8.08. The predicted molar refractivity (Wildman–Crippen MR) is 118 cm³/mol. The van der Waals surface area contributed by atoms with Crippen LogP contribution in [0.1, 0.15) is 69.2 Å². The Kier molecular flexibility index (Phi) is 8.42. The monoisotopic (exact) mass is 378 g/mol. The van der Waals surface area contributed by atoms with E-state index in [-0.39, 0.29) is 0 Å². The van der Waals surface area contributed by atoms with Gasteiger partial charge in [-0.1, -0.05) is 69.2 Å². The topological polar surface area (TPSA) is 37.9 Å². The Morgan fingerprint density at radius 3 is 2.14 bits per heavy atom. The van der Waals surface area contributed by atoms with Crippen LogP contribution in [0.2, 0.25) is 0 Å².